The Balaban J connectivity index is 1.94. The molecule has 0 bridgehead atoms. The van der Waals surface area contributed by atoms with Gasteiger partial charge in [-0.3, -0.25) is 13.9 Å². The highest BCUT2D eigenvalue weighted by molar-refractivity contribution is 7.92. The molecule has 1 aliphatic carbocycles. The molecule has 2 aromatic rings. The second-order valence-corrected chi connectivity index (χ2v) is 11.9. The van der Waals surface area contributed by atoms with E-state index < -0.39 is 28.5 Å². The highest BCUT2D eigenvalue weighted by atomic mass is 35.5. The predicted molar refractivity (Wildman–Crippen MR) is 147 cm³/mol. The van der Waals surface area contributed by atoms with Gasteiger partial charge in [-0.25, -0.2) is 8.42 Å². The van der Waals surface area contributed by atoms with Crippen LogP contribution in [0.5, 0.6) is 5.75 Å². The molecule has 1 N–H and O–H groups in total. The van der Waals surface area contributed by atoms with E-state index in [4.69, 9.17) is 27.9 Å². The molecule has 0 unspecified atom stereocenters. The van der Waals surface area contributed by atoms with Crippen molar-refractivity contribution >= 4 is 50.7 Å². The fourth-order valence-electron chi connectivity index (χ4n) is 4.51. The third kappa shape index (κ3) is 7.75. The van der Waals surface area contributed by atoms with Gasteiger partial charge in [-0.15, -0.1) is 0 Å². The molecule has 2 aromatic carbocycles. The molecule has 37 heavy (non-hydrogen) atoms. The van der Waals surface area contributed by atoms with Crippen LogP contribution in [0.3, 0.4) is 0 Å². The van der Waals surface area contributed by atoms with E-state index in [-0.39, 0.29) is 34.2 Å². The van der Waals surface area contributed by atoms with E-state index in [1.165, 1.54) is 23.1 Å². The molecule has 1 atom stereocenters. The van der Waals surface area contributed by atoms with Gasteiger partial charge in [0.05, 0.1) is 29.1 Å². The summed E-state index contributed by atoms with van der Waals surface area (Å²) in [4.78, 5) is 28.5. The summed E-state index contributed by atoms with van der Waals surface area (Å²) in [5.41, 5.74) is 0.954. The number of hydrogen-bond acceptors (Lipinski definition) is 5. The third-order valence-corrected chi connectivity index (χ3v) is 8.32. The van der Waals surface area contributed by atoms with Gasteiger partial charge in [0, 0.05) is 12.6 Å². The maximum absolute atomic E-state index is 13.8. The number of rotatable bonds is 11. The molecule has 1 aliphatic rings. The Hall–Kier alpha value is -2.49. The molecule has 0 radical (unpaired) electrons. The Bertz CT molecular complexity index is 1220. The van der Waals surface area contributed by atoms with Crippen LogP contribution < -0.4 is 14.4 Å². The van der Waals surface area contributed by atoms with Gasteiger partial charge in [0.15, 0.2) is 0 Å². The molecule has 202 valence electrons. The highest BCUT2D eigenvalue weighted by Gasteiger charge is 2.33. The number of carbonyl (C=O) groups is 2. The summed E-state index contributed by atoms with van der Waals surface area (Å²) < 4.78 is 31.7. The molecular weight excluding hydrogens is 537 g/mol. The molecule has 1 saturated carbocycles. The number of halogens is 2. The van der Waals surface area contributed by atoms with E-state index in [9.17, 15) is 18.0 Å². The first kappa shape index (κ1) is 29.1. The van der Waals surface area contributed by atoms with Crippen LogP contribution in [0.25, 0.3) is 0 Å². The first-order chi connectivity index (χ1) is 17.5. The lowest BCUT2D eigenvalue weighted by Crippen LogP contribution is -2.53. The first-order valence-electron chi connectivity index (χ1n) is 12.2. The van der Waals surface area contributed by atoms with Crippen LogP contribution >= 0.6 is 23.2 Å². The van der Waals surface area contributed by atoms with Crippen LogP contribution in [-0.2, 0) is 26.2 Å². The third-order valence-electron chi connectivity index (χ3n) is 6.44. The number of benzene rings is 2. The van der Waals surface area contributed by atoms with E-state index in [0.29, 0.717) is 12.2 Å². The Kier molecular flexibility index (Phi) is 10.1. The number of ether oxygens (including phenoxy) is 1. The number of nitrogens with zero attached hydrogens (tertiary/aromatic N) is 2. The van der Waals surface area contributed by atoms with Gasteiger partial charge in [-0.2, -0.15) is 0 Å². The normalized spacial score (nSPS) is 14.7. The summed E-state index contributed by atoms with van der Waals surface area (Å²) in [5, 5.41) is 3.51. The molecule has 3 rings (SSSR count). The molecule has 2 amide bonds. The SMILES string of the molecule is CC[C@H](C(=O)NC1CCCC1)N(Cc1cccc(OC)c1)C(=O)CN(c1ccc(Cl)c(Cl)c1)S(C)(=O)=O. The van der Waals surface area contributed by atoms with Crippen LogP contribution in [0, 0.1) is 0 Å². The smallest absolute Gasteiger partial charge is 0.244 e. The van der Waals surface area contributed by atoms with Gasteiger partial charge in [-0.1, -0.05) is 55.1 Å². The van der Waals surface area contributed by atoms with Crippen molar-refractivity contribution in [3.05, 3.63) is 58.1 Å². The van der Waals surface area contributed by atoms with Crippen molar-refractivity contribution in [1.82, 2.24) is 10.2 Å². The van der Waals surface area contributed by atoms with Crippen molar-refractivity contribution in [2.24, 2.45) is 0 Å². The van der Waals surface area contributed by atoms with Crippen molar-refractivity contribution in [3.63, 3.8) is 0 Å². The zero-order valence-electron chi connectivity index (χ0n) is 21.2. The summed E-state index contributed by atoms with van der Waals surface area (Å²) in [6.07, 6.45) is 5.30. The van der Waals surface area contributed by atoms with Crippen molar-refractivity contribution in [2.75, 3.05) is 24.2 Å². The quantitative estimate of drug-likeness (QED) is 0.425. The maximum Gasteiger partial charge on any atom is 0.244 e. The summed E-state index contributed by atoms with van der Waals surface area (Å²) in [7, 11) is -2.32. The minimum absolute atomic E-state index is 0.0825. The van der Waals surface area contributed by atoms with Crippen LogP contribution in [0.15, 0.2) is 42.5 Å². The lowest BCUT2D eigenvalue weighted by Gasteiger charge is -2.33. The van der Waals surface area contributed by atoms with E-state index in [1.807, 2.05) is 13.0 Å². The van der Waals surface area contributed by atoms with Crippen molar-refractivity contribution < 1.29 is 22.7 Å². The van der Waals surface area contributed by atoms with E-state index in [1.54, 1.807) is 25.3 Å². The second kappa shape index (κ2) is 12.8. The maximum atomic E-state index is 13.8. The highest BCUT2D eigenvalue weighted by Crippen LogP contribution is 2.29. The van der Waals surface area contributed by atoms with Crippen LogP contribution in [-0.4, -0.2) is 57.1 Å². The van der Waals surface area contributed by atoms with E-state index in [2.05, 4.69) is 5.32 Å². The molecule has 0 saturated heterocycles. The molecule has 1 fully saturated rings. The number of amides is 2. The van der Waals surface area contributed by atoms with Gasteiger partial charge < -0.3 is 15.0 Å². The molecule has 0 aliphatic heterocycles. The summed E-state index contributed by atoms with van der Waals surface area (Å²) >= 11 is 12.1. The van der Waals surface area contributed by atoms with Crippen molar-refractivity contribution in [3.8, 4) is 5.75 Å². The van der Waals surface area contributed by atoms with E-state index in [0.717, 1.165) is 41.8 Å². The number of sulfonamides is 1. The fourth-order valence-corrected chi connectivity index (χ4v) is 5.64. The predicted octanol–water partition coefficient (Wildman–Crippen LogP) is 4.63. The zero-order chi connectivity index (χ0) is 27.2. The molecule has 8 nitrogen and oxygen atoms in total. The Morgan fingerprint density at radius 2 is 1.81 bits per heavy atom. The van der Waals surface area contributed by atoms with Crippen LogP contribution in [0.1, 0.15) is 44.6 Å². The summed E-state index contributed by atoms with van der Waals surface area (Å²) in [6, 6.07) is 10.9. The average Bonchev–Trinajstić information content (AvgIpc) is 3.36. The first-order valence-corrected chi connectivity index (χ1v) is 14.8. The van der Waals surface area contributed by atoms with E-state index >= 15 is 0 Å². The molecule has 11 heteroatoms. The summed E-state index contributed by atoms with van der Waals surface area (Å²) in [6.45, 7) is 1.43. The Morgan fingerprint density at radius 3 is 2.41 bits per heavy atom. The van der Waals surface area contributed by atoms with Gasteiger partial charge >= 0.3 is 0 Å². The Morgan fingerprint density at radius 1 is 1.11 bits per heavy atom. The van der Waals surface area contributed by atoms with Crippen molar-refractivity contribution in [2.45, 2.75) is 57.7 Å². The lowest BCUT2D eigenvalue weighted by molar-refractivity contribution is -0.140. The molecule has 0 aromatic heterocycles. The van der Waals surface area contributed by atoms with Gasteiger partial charge in [0.1, 0.15) is 18.3 Å². The Labute approximate surface area is 228 Å². The molecular formula is C26H33Cl2N3O5S. The zero-order valence-corrected chi connectivity index (χ0v) is 23.6. The standard InChI is InChI=1S/C26H33Cl2N3O5S/c1-4-24(26(33)29-19-9-5-6-10-19)30(16-18-8-7-11-21(14-18)36-2)25(32)17-31(37(3,34)35)20-12-13-22(27)23(28)15-20/h7-8,11-15,19,24H,4-6,9-10,16-17H2,1-3H3,(H,29,33)/t24-/m1/s1. The largest absolute Gasteiger partial charge is 0.497 e. The van der Waals surface area contributed by atoms with Crippen LogP contribution in [0.4, 0.5) is 5.69 Å². The molecule has 0 heterocycles. The average molecular weight is 571 g/mol. The molecule has 0 spiro atoms. The number of nitrogens with one attached hydrogen (secondary N) is 1. The minimum Gasteiger partial charge on any atom is -0.497 e. The monoisotopic (exact) mass is 569 g/mol. The number of methoxy groups -OCH3 is 1. The van der Waals surface area contributed by atoms with Gasteiger partial charge in [0.2, 0.25) is 21.8 Å². The number of anilines is 1. The lowest BCUT2D eigenvalue weighted by atomic mass is 10.1. The van der Waals surface area contributed by atoms with Crippen LogP contribution in [0.2, 0.25) is 10.0 Å². The fraction of sp³-hybridized carbons (Fsp3) is 0.462. The van der Waals surface area contributed by atoms with Crippen molar-refractivity contribution in [1.29, 1.82) is 0 Å². The number of hydrogen-bond donors (Lipinski definition) is 1. The topological polar surface area (TPSA) is 96.0 Å². The van der Waals surface area contributed by atoms with Gasteiger partial charge in [-0.05, 0) is 55.2 Å². The van der Waals surface area contributed by atoms with Gasteiger partial charge in [0.25, 0.3) is 0 Å². The summed E-state index contributed by atoms with van der Waals surface area (Å²) in [5.74, 6) is -0.152. The minimum atomic E-state index is -3.87. The second-order valence-electron chi connectivity index (χ2n) is 9.16. The number of carbonyl (C=O) groups excluding carboxylic acids is 2.